The zero-order valence-corrected chi connectivity index (χ0v) is 16.7. The van der Waals surface area contributed by atoms with Crippen molar-refractivity contribution in [3.63, 3.8) is 0 Å². The van der Waals surface area contributed by atoms with E-state index in [-0.39, 0.29) is 0 Å². The lowest BCUT2D eigenvalue weighted by molar-refractivity contribution is -0.906. The molecule has 0 amide bonds. The summed E-state index contributed by atoms with van der Waals surface area (Å²) < 4.78 is 0.679. The van der Waals surface area contributed by atoms with Crippen LogP contribution in [0.4, 0.5) is 5.69 Å². The largest absolute Gasteiger partial charge is 0.385 e. The van der Waals surface area contributed by atoms with E-state index in [1.165, 1.54) is 16.7 Å². The first kappa shape index (κ1) is 19.8. The molecular weight excluding hydrogens is 332 g/mol. The third-order valence-electron chi connectivity index (χ3n) is 4.45. The van der Waals surface area contributed by atoms with E-state index in [1.807, 2.05) is 24.3 Å². The number of anilines is 1. The van der Waals surface area contributed by atoms with Gasteiger partial charge in [0.2, 0.25) is 0 Å². The molecule has 0 saturated heterocycles. The van der Waals surface area contributed by atoms with Gasteiger partial charge in [-0.3, -0.25) is 0 Å². The number of halogens is 1. The van der Waals surface area contributed by atoms with Crippen LogP contribution in [0.1, 0.15) is 22.3 Å². The van der Waals surface area contributed by atoms with E-state index < -0.39 is 6.10 Å². The minimum atomic E-state index is -0.433. The summed E-state index contributed by atoms with van der Waals surface area (Å²) in [6.45, 7) is 8.29. The lowest BCUT2D eigenvalue weighted by Gasteiger charge is -2.32. The number of rotatable bonds is 7. The van der Waals surface area contributed by atoms with Gasteiger partial charge >= 0.3 is 0 Å². The van der Waals surface area contributed by atoms with Crippen molar-refractivity contribution in [3.8, 4) is 0 Å². The summed E-state index contributed by atoms with van der Waals surface area (Å²) in [4.78, 5) is 0. The van der Waals surface area contributed by atoms with Crippen LogP contribution < -0.4 is 5.32 Å². The molecule has 0 saturated carbocycles. The van der Waals surface area contributed by atoms with Gasteiger partial charge < -0.3 is 14.9 Å². The van der Waals surface area contributed by atoms with Gasteiger partial charge in [0.05, 0.1) is 14.1 Å². The van der Waals surface area contributed by atoms with Crippen molar-refractivity contribution >= 4 is 17.3 Å². The number of aryl methyl sites for hydroxylation is 3. The number of aliphatic hydroxyl groups excluding tert-OH is 1. The molecule has 0 aliphatic rings. The molecule has 1 atom stereocenters. The van der Waals surface area contributed by atoms with Crippen molar-refractivity contribution in [1.29, 1.82) is 0 Å². The van der Waals surface area contributed by atoms with Gasteiger partial charge in [0.15, 0.2) is 0 Å². The number of nitrogens with one attached hydrogen (secondary N) is 1. The highest BCUT2D eigenvalue weighted by molar-refractivity contribution is 6.31. The molecule has 0 spiro atoms. The first-order valence-electron chi connectivity index (χ1n) is 8.73. The van der Waals surface area contributed by atoms with E-state index >= 15 is 0 Å². The second-order valence-electron chi connectivity index (χ2n) is 7.68. The molecule has 0 radical (unpaired) electrons. The predicted molar refractivity (Wildman–Crippen MR) is 107 cm³/mol. The van der Waals surface area contributed by atoms with Gasteiger partial charge in [-0.25, -0.2) is 0 Å². The molecule has 2 aromatic rings. The van der Waals surface area contributed by atoms with Crippen molar-refractivity contribution in [1.82, 2.24) is 0 Å². The van der Waals surface area contributed by atoms with Crippen molar-refractivity contribution in [2.75, 3.05) is 32.5 Å². The highest BCUT2D eigenvalue weighted by atomic mass is 35.5. The molecule has 25 heavy (non-hydrogen) atoms. The van der Waals surface area contributed by atoms with E-state index in [0.717, 1.165) is 22.8 Å². The van der Waals surface area contributed by atoms with Crippen LogP contribution in [-0.4, -0.2) is 42.9 Å². The minimum Gasteiger partial charge on any atom is -0.385 e. The monoisotopic (exact) mass is 361 g/mol. The highest BCUT2D eigenvalue weighted by Gasteiger charge is 2.22. The van der Waals surface area contributed by atoms with Gasteiger partial charge in [-0.05, 0) is 38.0 Å². The fourth-order valence-electron chi connectivity index (χ4n) is 3.47. The summed E-state index contributed by atoms with van der Waals surface area (Å²) in [7, 11) is 4.24. The van der Waals surface area contributed by atoms with Crippen LogP contribution in [0.25, 0.3) is 0 Å². The Kier molecular flexibility index (Phi) is 6.50. The Morgan fingerprint density at radius 2 is 1.68 bits per heavy atom. The molecule has 0 unspecified atom stereocenters. The average Bonchev–Trinajstić information content (AvgIpc) is 2.47. The maximum Gasteiger partial charge on any atom is 0.120 e. The Morgan fingerprint density at radius 1 is 1.08 bits per heavy atom. The Balaban J connectivity index is 1.95. The van der Waals surface area contributed by atoms with Crippen LogP contribution in [0.3, 0.4) is 0 Å². The summed E-state index contributed by atoms with van der Waals surface area (Å²) in [5.74, 6) is 0. The van der Waals surface area contributed by atoms with E-state index in [9.17, 15) is 5.11 Å². The third-order valence-corrected chi connectivity index (χ3v) is 4.82. The molecule has 136 valence electrons. The second kappa shape index (κ2) is 8.22. The van der Waals surface area contributed by atoms with E-state index in [1.54, 1.807) is 0 Å². The Bertz CT molecular complexity index is 705. The standard InChI is InChI=1S/C21H30ClN2O/c1-15-10-16(2)21(17(3)11-15)23-12-19(25)14-24(4,5)13-18-8-6-7-9-20(18)22/h6-11,19,23,25H,12-14H2,1-5H3/q+1/t19-/m1/s1. The molecule has 4 heteroatoms. The molecule has 0 aliphatic heterocycles. The van der Waals surface area contributed by atoms with Gasteiger partial charge in [0.25, 0.3) is 0 Å². The van der Waals surface area contributed by atoms with Crippen molar-refractivity contribution in [2.45, 2.75) is 33.4 Å². The maximum atomic E-state index is 10.5. The zero-order valence-electron chi connectivity index (χ0n) is 15.9. The molecule has 0 bridgehead atoms. The van der Waals surface area contributed by atoms with Crippen LogP contribution in [0.2, 0.25) is 5.02 Å². The predicted octanol–water partition coefficient (Wildman–Crippen LogP) is 4.31. The van der Waals surface area contributed by atoms with Crippen LogP contribution in [0.15, 0.2) is 36.4 Å². The fourth-order valence-corrected chi connectivity index (χ4v) is 3.66. The molecule has 3 nitrogen and oxygen atoms in total. The highest BCUT2D eigenvalue weighted by Crippen LogP contribution is 2.22. The first-order valence-corrected chi connectivity index (χ1v) is 9.11. The molecule has 0 heterocycles. The molecule has 2 rings (SSSR count). The summed E-state index contributed by atoms with van der Waals surface area (Å²) >= 11 is 6.27. The van der Waals surface area contributed by atoms with Gasteiger partial charge in [-0.2, -0.15) is 0 Å². The van der Waals surface area contributed by atoms with Crippen LogP contribution >= 0.6 is 11.6 Å². The van der Waals surface area contributed by atoms with Crippen molar-refractivity contribution < 1.29 is 9.59 Å². The SMILES string of the molecule is Cc1cc(C)c(NC[C@@H](O)C[N+](C)(C)Cc2ccccc2Cl)c(C)c1. The quantitative estimate of drug-likeness (QED) is 0.720. The third kappa shape index (κ3) is 5.74. The molecular formula is C21H30ClN2O+. The smallest absolute Gasteiger partial charge is 0.120 e. The Hall–Kier alpha value is -1.55. The number of aliphatic hydroxyl groups is 1. The van der Waals surface area contributed by atoms with Crippen molar-refractivity contribution in [2.24, 2.45) is 0 Å². The normalized spacial score (nSPS) is 12.9. The number of benzene rings is 2. The summed E-state index contributed by atoms with van der Waals surface area (Å²) in [6.07, 6.45) is -0.433. The molecule has 0 aromatic heterocycles. The number of likely N-dealkylation sites (N-methyl/N-ethyl adjacent to an activating group) is 1. The topological polar surface area (TPSA) is 32.3 Å². The van der Waals surface area contributed by atoms with E-state index in [2.05, 4.69) is 52.3 Å². The van der Waals surface area contributed by atoms with Gasteiger partial charge in [0, 0.05) is 22.8 Å². The van der Waals surface area contributed by atoms with Gasteiger partial charge in [-0.1, -0.05) is 47.5 Å². The number of quaternary nitrogens is 1. The van der Waals surface area contributed by atoms with Crippen LogP contribution in [-0.2, 0) is 6.54 Å². The van der Waals surface area contributed by atoms with Gasteiger partial charge in [0.1, 0.15) is 19.2 Å². The lowest BCUT2D eigenvalue weighted by Crippen LogP contribution is -2.46. The summed E-state index contributed by atoms with van der Waals surface area (Å²) in [5.41, 5.74) is 5.93. The Labute approximate surface area is 156 Å². The molecule has 0 fully saturated rings. The number of nitrogens with zero attached hydrogens (tertiary/aromatic N) is 1. The molecule has 2 N–H and O–H groups in total. The zero-order chi connectivity index (χ0) is 18.6. The number of hydrogen-bond donors (Lipinski definition) is 2. The van der Waals surface area contributed by atoms with Crippen LogP contribution in [0.5, 0.6) is 0 Å². The minimum absolute atomic E-state index is 0.433. The number of hydrogen-bond acceptors (Lipinski definition) is 2. The second-order valence-corrected chi connectivity index (χ2v) is 8.08. The van der Waals surface area contributed by atoms with E-state index in [0.29, 0.717) is 17.6 Å². The molecule has 0 aliphatic carbocycles. The first-order chi connectivity index (χ1) is 11.7. The maximum absolute atomic E-state index is 10.5. The van der Waals surface area contributed by atoms with Crippen LogP contribution in [0, 0.1) is 20.8 Å². The average molecular weight is 362 g/mol. The van der Waals surface area contributed by atoms with E-state index in [4.69, 9.17) is 11.6 Å². The lowest BCUT2D eigenvalue weighted by atomic mass is 10.0. The fraction of sp³-hybridized carbons (Fsp3) is 0.429. The summed E-state index contributed by atoms with van der Waals surface area (Å²) in [5, 5.41) is 14.7. The Morgan fingerprint density at radius 3 is 2.28 bits per heavy atom. The van der Waals surface area contributed by atoms with Gasteiger partial charge in [-0.15, -0.1) is 0 Å². The molecule has 2 aromatic carbocycles. The summed E-state index contributed by atoms with van der Waals surface area (Å²) in [6, 6.07) is 12.2. The van der Waals surface area contributed by atoms with Crippen molar-refractivity contribution in [3.05, 3.63) is 63.7 Å².